The highest BCUT2D eigenvalue weighted by atomic mass is 32.2. The van der Waals surface area contributed by atoms with Gasteiger partial charge in [-0.25, -0.2) is 17.2 Å². The second kappa shape index (κ2) is 6.75. The van der Waals surface area contributed by atoms with Gasteiger partial charge in [0.2, 0.25) is 0 Å². The Hall–Kier alpha value is -2.55. The lowest BCUT2D eigenvalue weighted by Crippen LogP contribution is -2.35. The van der Waals surface area contributed by atoms with E-state index in [4.69, 9.17) is 0 Å². The van der Waals surface area contributed by atoms with Crippen LogP contribution < -0.4 is 10.6 Å². The minimum absolute atomic E-state index is 0.0441. The third-order valence-electron chi connectivity index (χ3n) is 3.78. The van der Waals surface area contributed by atoms with Crippen LogP contribution in [0.25, 0.3) is 0 Å². The van der Waals surface area contributed by atoms with Crippen molar-refractivity contribution < 1.29 is 22.0 Å². The van der Waals surface area contributed by atoms with Gasteiger partial charge in [-0.05, 0) is 24.6 Å². The van der Waals surface area contributed by atoms with Gasteiger partial charge in [0, 0.05) is 18.3 Å². The number of amides is 1. The normalized spacial score (nSPS) is 18.7. The lowest BCUT2D eigenvalue weighted by atomic mass is 10.2. The summed E-state index contributed by atoms with van der Waals surface area (Å²) < 4.78 is 49.5. The van der Waals surface area contributed by atoms with E-state index in [0.717, 1.165) is 12.1 Å². The number of carbonyl (C=O) groups excluding carboxylic acids is 1. The van der Waals surface area contributed by atoms with E-state index < -0.39 is 33.4 Å². The highest BCUT2D eigenvalue weighted by Gasteiger charge is 2.29. The molecule has 0 saturated carbocycles. The number of hydrogen-bond donors (Lipinski definition) is 2. The first-order valence-corrected chi connectivity index (χ1v) is 9.33. The number of hydrogen-bond acceptors (Lipinski definition) is 5. The third kappa shape index (κ3) is 4.30. The molecule has 2 heterocycles. The molecule has 6 nitrogen and oxygen atoms in total. The van der Waals surface area contributed by atoms with Gasteiger partial charge in [0.25, 0.3) is 5.91 Å². The standard InChI is InChI=1S/C16H15F2N3O3S/c17-11-1-2-15(14(18)6-11)20-13-5-10(7-19-8-13)16(22)21-12-3-4-25(23,24)9-12/h1-2,5-8,12,20H,3-4,9H2,(H,21,22). The van der Waals surface area contributed by atoms with Crippen LogP contribution in [0.1, 0.15) is 16.8 Å². The summed E-state index contributed by atoms with van der Waals surface area (Å²) in [4.78, 5) is 16.1. The first-order valence-electron chi connectivity index (χ1n) is 7.51. The lowest BCUT2D eigenvalue weighted by Gasteiger charge is -2.12. The molecule has 1 aliphatic rings. The minimum atomic E-state index is -3.10. The number of sulfone groups is 1. The van der Waals surface area contributed by atoms with Crippen molar-refractivity contribution in [3.63, 3.8) is 0 Å². The first-order chi connectivity index (χ1) is 11.8. The van der Waals surface area contributed by atoms with Gasteiger partial charge in [-0.2, -0.15) is 0 Å². The van der Waals surface area contributed by atoms with E-state index in [1.54, 1.807) is 0 Å². The number of nitrogens with zero attached hydrogens (tertiary/aromatic N) is 1. The maximum absolute atomic E-state index is 13.7. The monoisotopic (exact) mass is 367 g/mol. The molecule has 2 N–H and O–H groups in total. The van der Waals surface area contributed by atoms with E-state index >= 15 is 0 Å². The SMILES string of the molecule is O=C(NC1CCS(=O)(=O)C1)c1cncc(Nc2ccc(F)cc2F)c1. The van der Waals surface area contributed by atoms with Gasteiger partial charge in [-0.1, -0.05) is 0 Å². The number of aromatic nitrogens is 1. The molecule has 132 valence electrons. The number of anilines is 2. The molecule has 2 aromatic rings. The maximum Gasteiger partial charge on any atom is 0.253 e. The fourth-order valence-corrected chi connectivity index (χ4v) is 4.23. The third-order valence-corrected chi connectivity index (χ3v) is 5.55. The number of pyridine rings is 1. The molecule has 9 heteroatoms. The maximum atomic E-state index is 13.7. The minimum Gasteiger partial charge on any atom is -0.352 e. The molecule has 1 aliphatic heterocycles. The van der Waals surface area contributed by atoms with Gasteiger partial charge in [-0.15, -0.1) is 0 Å². The Kier molecular flexibility index (Phi) is 4.67. The number of rotatable bonds is 4. The predicted molar refractivity (Wildman–Crippen MR) is 88.4 cm³/mol. The van der Waals surface area contributed by atoms with E-state index in [2.05, 4.69) is 15.6 Å². The molecule has 0 spiro atoms. The van der Waals surface area contributed by atoms with Crippen molar-refractivity contribution in [1.82, 2.24) is 10.3 Å². The Morgan fingerprint density at radius 3 is 2.68 bits per heavy atom. The Bertz CT molecular complexity index is 919. The van der Waals surface area contributed by atoms with Crippen molar-refractivity contribution in [3.05, 3.63) is 53.9 Å². The first kappa shape index (κ1) is 17.3. The molecule has 1 aromatic heterocycles. The van der Waals surface area contributed by atoms with E-state index in [1.165, 1.54) is 24.5 Å². The predicted octanol–water partition coefficient (Wildman–Crippen LogP) is 2.02. The summed E-state index contributed by atoms with van der Waals surface area (Å²) in [6.07, 6.45) is 3.09. The highest BCUT2D eigenvalue weighted by Crippen LogP contribution is 2.21. The molecule has 1 fully saturated rings. The van der Waals surface area contributed by atoms with E-state index in [1.807, 2.05) is 0 Å². The fourth-order valence-electron chi connectivity index (χ4n) is 2.56. The molecule has 3 rings (SSSR count). The Balaban J connectivity index is 1.71. The summed E-state index contributed by atoms with van der Waals surface area (Å²) in [5.74, 6) is -1.95. The molecular weight excluding hydrogens is 352 g/mol. The molecule has 1 unspecified atom stereocenters. The van der Waals surface area contributed by atoms with Crippen LogP contribution in [0, 0.1) is 11.6 Å². The van der Waals surface area contributed by atoms with E-state index in [-0.39, 0.29) is 22.8 Å². The number of benzene rings is 1. The lowest BCUT2D eigenvalue weighted by molar-refractivity contribution is 0.0941. The van der Waals surface area contributed by atoms with Crippen LogP contribution in [0.15, 0.2) is 36.7 Å². The second-order valence-corrected chi connectivity index (χ2v) is 8.01. The summed E-state index contributed by atoms with van der Waals surface area (Å²) >= 11 is 0. The molecule has 1 aromatic carbocycles. The van der Waals surface area contributed by atoms with Crippen LogP contribution in [0.4, 0.5) is 20.2 Å². The molecule has 0 aliphatic carbocycles. The summed E-state index contributed by atoms with van der Waals surface area (Å²) in [7, 11) is -3.10. The molecule has 0 bridgehead atoms. The Morgan fingerprint density at radius 2 is 2.00 bits per heavy atom. The smallest absolute Gasteiger partial charge is 0.253 e. The van der Waals surface area contributed by atoms with Gasteiger partial charge < -0.3 is 10.6 Å². The molecular formula is C16H15F2N3O3S. The molecule has 1 saturated heterocycles. The van der Waals surface area contributed by atoms with Crippen LogP contribution in [0.3, 0.4) is 0 Å². The van der Waals surface area contributed by atoms with Crippen molar-refractivity contribution in [2.75, 3.05) is 16.8 Å². The fraction of sp³-hybridized carbons (Fsp3) is 0.250. The topological polar surface area (TPSA) is 88.2 Å². The zero-order valence-corrected chi connectivity index (χ0v) is 13.8. The zero-order chi connectivity index (χ0) is 18.0. The van der Waals surface area contributed by atoms with Crippen LogP contribution >= 0.6 is 0 Å². The number of halogens is 2. The van der Waals surface area contributed by atoms with Crippen molar-refractivity contribution in [2.45, 2.75) is 12.5 Å². The molecule has 25 heavy (non-hydrogen) atoms. The summed E-state index contributed by atoms with van der Waals surface area (Å²) in [6, 6.07) is 4.11. The van der Waals surface area contributed by atoms with Crippen LogP contribution in [-0.4, -0.2) is 36.9 Å². The average Bonchev–Trinajstić information content (AvgIpc) is 2.89. The number of nitrogens with one attached hydrogen (secondary N) is 2. The summed E-state index contributed by atoms with van der Waals surface area (Å²) in [5, 5.41) is 5.37. The van der Waals surface area contributed by atoms with Crippen molar-refractivity contribution in [3.8, 4) is 0 Å². The van der Waals surface area contributed by atoms with E-state index in [0.29, 0.717) is 12.1 Å². The molecule has 1 amide bonds. The molecule has 0 radical (unpaired) electrons. The summed E-state index contributed by atoms with van der Waals surface area (Å²) in [6.45, 7) is 0. The van der Waals surface area contributed by atoms with Crippen LogP contribution in [-0.2, 0) is 9.84 Å². The van der Waals surface area contributed by atoms with Gasteiger partial charge in [0.15, 0.2) is 9.84 Å². The average molecular weight is 367 g/mol. The summed E-state index contributed by atoms with van der Waals surface area (Å²) in [5.41, 5.74) is 0.594. The zero-order valence-electron chi connectivity index (χ0n) is 13.0. The van der Waals surface area contributed by atoms with Gasteiger partial charge in [0.1, 0.15) is 11.6 Å². The van der Waals surface area contributed by atoms with Crippen LogP contribution in [0.2, 0.25) is 0 Å². The largest absolute Gasteiger partial charge is 0.352 e. The Labute approximate surface area is 143 Å². The van der Waals surface area contributed by atoms with Crippen molar-refractivity contribution in [2.24, 2.45) is 0 Å². The van der Waals surface area contributed by atoms with Gasteiger partial charge in [-0.3, -0.25) is 9.78 Å². The molecule has 1 atom stereocenters. The number of carbonyl (C=O) groups is 1. The quantitative estimate of drug-likeness (QED) is 0.863. The Morgan fingerprint density at radius 1 is 1.20 bits per heavy atom. The van der Waals surface area contributed by atoms with Crippen molar-refractivity contribution in [1.29, 1.82) is 0 Å². The van der Waals surface area contributed by atoms with Gasteiger partial charge in [0.05, 0.1) is 34.6 Å². The van der Waals surface area contributed by atoms with E-state index in [9.17, 15) is 22.0 Å². The van der Waals surface area contributed by atoms with Gasteiger partial charge >= 0.3 is 0 Å². The van der Waals surface area contributed by atoms with Crippen LogP contribution in [0.5, 0.6) is 0 Å². The highest BCUT2D eigenvalue weighted by molar-refractivity contribution is 7.91. The van der Waals surface area contributed by atoms with Crippen molar-refractivity contribution >= 4 is 27.1 Å². The second-order valence-electron chi connectivity index (χ2n) is 5.78.